The smallest absolute Gasteiger partial charge is 0.310 e. The summed E-state index contributed by atoms with van der Waals surface area (Å²) in [5, 5.41) is 35.2. The van der Waals surface area contributed by atoms with Gasteiger partial charge in [0.1, 0.15) is 18.3 Å². The lowest BCUT2D eigenvalue weighted by Crippen LogP contribution is -2.66. The number of ether oxygens (including phenoxy) is 4. The van der Waals surface area contributed by atoms with E-state index in [1.54, 1.807) is 44.2 Å². The summed E-state index contributed by atoms with van der Waals surface area (Å²) >= 11 is 0. The molecule has 0 amide bonds. The number of phenolic OH excluding ortho intramolecular Hbond substituents is 1. The summed E-state index contributed by atoms with van der Waals surface area (Å²) in [5.41, 5.74) is -4.13. The van der Waals surface area contributed by atoms with E-state index in [2.05, 4.69) is 0 Å². The van der Waals surface area contributed by atoms with Crippen molar-refractivity contribution in [2.24, 2.45) is 29.1 Å². The fourth-order valence-corrected chi connectivity index (χ4v) is 9.22. The van der Waals surface area contributed by atoms with Crippen molar-refractivity contribution in [3.05, 3.63) is 83.0 Å². The van der Waals surface area contributed by atoms with Crippen LogP contribution in [0.2, 0.25) is 0 Å². The molecule has 3 N–H and O–H groups in total. The van der Waals surface area contributed by atoms with Crippen molar-refractivity contribution in [3.63, 3.8) is 0 Å². The summed E-state index contributed by atoms with van der Waals surface area (Å²) < 4.78 is 23.1. The number of carbonyl (C=O) groups is 4. The predicted octanol–water partition coefficient (Wildman–Crippen LogP) is 3.80. The third kappa shape index (κ3) is 5.42. The van der Waals surface area contributed by atoms with Gasteiger partial charge >= 0.3 is 17.9 Å². The molecule has 2 fully saturated rings. The quantitative estimate of drug-likeness (QED) is 0.199. The molecule has 8 atom stereocenters. The van der Waals surface area contributed by atoms with Gasteiger partial charge in [0.05, 0.1) is 25.6 Å². The molecule has 0 aliphatic heterocycles. The third-order valence-corrected chi connectivity index (χ3v) is 11.5. The van der Waals surface area contributed by atoms with Crippen LogP contribution >= 0.6 is 0 Å². The average molecular weight is 689 g/mol. The van der Waals surface area contributed by atoms with Crippen molar-refractivity contribution in [1.82, 2.24) is 0 Å². The first-order chi connectivity index (χ1) is 23.5. The fraction of sp³-hybridized carbons (Fsp3) is 0.487. The molecule has 50 heavy (non-hydrogen) atoms. The number of hydrogen-bond donors (Lipinski definition) is 3. The van der Waals surface area contributed by atoms with Gasteiger partial charge in [0.2, 0.25) is 0 Å². The highest BCUT2D eigenvalue weighted by atomic mass is 16.6. The zero-order valence-corrected chi connectivity index (χ0v) is 29.1. The second-order valence-corrected chi connectivity index (χ2v) is 14.8. The number of aromatic hydroxyl groups is 1. The van der Waals surface area contributed by atoms with E-state index >= 15 is 0 Å². The Labute approximate surface area is 290 Å². The molecule has 11 nitrogen and oxygen atoms in total. The third-order valence-electron chi connectivity index (χ3n) is 11.5. The maximum atomic E-state index is 13.7. The molecule has 0 unspecified atom stereocenters. The van der Waals surface area contributed by atoms with Gasteiger partial charge in [-0.1, -0.05) is 69.3 Å². The van der Waals surface area contributed by atoms with Crippen molar-refractivity contribution in [3.8, 4) is 11.5 Å². The van der Waals surface area contributed by atoms with Gasteiger partial charge in [-0.25, -0.2) is 0 Å². The minimum absolute atomic E-state index is 0.0512. The van der Waals surface area contributed by atoms with Crippen LogP contribution in [0.5, 0.6) is 11.5 Å². The lowest BCUT2D eigenvalue weighted by Gasteiger charge is -2.53. The van der Waals surface area contributed by atoms with E-state index in [9.17, 15) is 34.5 Å². The number of rotatable bonds is 9. The van der Waals surface area contributed by atoms with Crippen LogP contribution in [0.25, 0.3) is 0 Å². The molecule has 2 saturated carbocycles. The number of carbonyl (C=O) groups excluding carboxylic acids is 4. The lowest BCUT2D eigenvalue weighted by molar-refractivity contribution is -0.228. The van der Waals surface area contributed by atoms with Gasteiger partial charge in [-0.15, -0.1) is 0 Å². The summed E-state index contributed by atoms with van der Waals surface area (Å²) in [5.74, 6) is -5.63. The van der Waals surface area contributed by atoms with Gasteiger partial charge in [-0.2, -0.15) is 0 Å². The van der Waals surface area contributed by atoms with Crippen LogP contribution in [0.3, 0.4) is 0 Å². The van der Waals surface area contributed by atoms with Crippen molar-refractivity contribution in [2.75, 3.05) is 13.7 Å². The molecular weight excluding hydrogens is 644 g/mol. The zero-order valence-electron chi connectivity index (χ0n) is 29.1. The van der Waals surface area contributed by atoms with Gasteiger partial charge < -0.3 is 34.3 Å². The molecule has 4 aliphatic carbocycles. The maximum Gasteiger partial charge on any atom is 0.310 e. The Hall–Kier alpha value is -4.48. The minimum Gasteiger partial charge on any atom is -0.504 e. The minimum atomic E-state index is -2.08. The molecular formula is C39H44O11. The van der Waals surface area contributed by atoms with Crippen molar-refractivity contribution >= 4 is 23.7 Å². The zero-order chi connectivity index (χ0) is 36.4. The molecule has 11 heteroatoms. The van der Waals surface area contributed by atoms with E-state index < -0.39 is 75.7 Å². The standard InChI is InChI=1S/C39H44O11/c1-21-14-30-37(45,34(21)44)19-26(20-48-31(42)18-25-12-13-28(41)29(16-25)47-6)15-27-33-36(4,5)39(33,50-23(3)40)35(22(2)38(27,30)46)49-32(43)17-24-10-8-7-9-11-24/h7-16,22,27,30,33,35,41,45-46H,17-20H2,1-6H3/t22-,27+,30-,33-,35-,37-,38-,39+/m1/s1. The van der Waals surface area contributed by atoms with Crippen molar-refractivity contribution in [1.29, 1.82) is 0 Å². The number of benzene rings is 2. The van der Waals surface area contributed by atoms with Crippen LogP contribution in [-0.4, -0.2) is 75.6 Å². The van der Waals surface area contributed by atoms with Crippen molar-refractivity contribution in [2.45, 2.75) is 76.8 Å². The predicted molar refractivity (Wildman–Crippen MR) is 179 cm³/mol. The highest BCUT2D eigenvalue weighted by molar-refractivity contribution is 6.05. The molecule has 2 aromatic carbocycles. The molecule has 0 spiro atoms. The second-order valence-electron chi connectivity index (χ2n) is 14.8. The molecule has 0 heterocycles. The molecule has 2 aromatic rings. The first kappa shape index (κ1) is 35.3. The van der Waals surface area contributed by atoms with Crippen LogP contribution in [0.4, 0.5) is 0 Å². The molecule has 0 radical (unpaired) electrons. The molecule has 266 valence electrons. The van der Waals surface area contributed by atoms with Crippen LogP contribution < -0.4 is 4.74 Å². The Morgan fingerprint density at radius 1 is 0.960 bits per heavy atom. The summed E-state index contributed by atoms with van der Waals surface area (Å²) in [7, 11) is 1.40. The number of fused-ring (bicyclic) bond motifs is 5. The highest BCUT2D eigenvalue weighted by Gasteiger charge is 2.87. The van der Waals surface area contributed by atoms with E-state index in [0.29, 0.717) is 11.1 Å². The monoisotopic (exact) mass is 688 g/mol. The largest absolute Gasteiger partial charge is 0.504 e. The fourth-order valence-electron chi connectivity index (χ4n) is 9.22. The number of hydrogen-bond acceptors (Lipinski definition) is 11. The molecule has 0 bridgehead atoms. The summed E-state index contributed by atoms with van der Waals surface area (Å²) in [6, 6.07) is 13.6. The molecule has 0 aromatic heterocycles. The summed E-state index contributed by atoms with van der Waals surface area (Å²) in [4.78, 5) is 52.9. The van der Waals surface area contributed by atoms with E-state index in [1.165, 1.54) is 26.2 Å². The first-order valence-corrected chi connectivity index (χ1v) is 16.8. The topological polar surface area (TPSA) is 166 Å². The van der Waals surface area contributed by atoms with Gasteiger partial charge in [0.15, 0.2) is 22.9 Å². The van der Waals surface area contributed by atoms with Crippen LogP contribution in [-0.2, 0) is 46.2 Å². The van der Waals surface area contributed by atoms with Crippen LogP contribution in [0.15, 0.2) is 71.8 Å². The Kier molecular flexibility index (Phi) is 8.75. The number of methoxy groups -OCH3 is 1. The molecule has 6 rings (SSSR count). The SMILES string of the molecule is COc1cc(CC(=O)OCC2=C[C@H]3[C@@H]4C(C)(C)[C@@]4(OC(C)=O)[C@H](OC(=O)Cc4ccccc4)[C@@H](C)[C@]3(O)[C@@H]3C=C(C)C(=O)[C@@]3(O)C2)ccc1O. The lowest BCUT2D eigenvalue weighted by atomic mass is 9.59. The van der Waals surface area contributed by atoms with E-state index in [1.807, 2.05) is 32.0 Å². The number of Topliss-reactive ketones (excluding diaryl/α,β-unsaturated/α-hetero) is 1. The van der Waals surface area contributed by atoms with Gasteiger partial charge in [0.25, 0.3) is 0 Å². The van der Waals surface area contributed by atoms with E-state index in [-0.39, 0.29) is 42.9 Å². The Bertz CT molecular complexity index is 1790. The summed E-state index contributed by atoms with van der Waals surface area (Å²) in [6.07, 6.45) is 1.81. The van der Waals surface area contributed by atoms with E-state index in [4.69, 9.17) is 18.9 Å². The van der Waals surface area contributed by atoms with Gasteiger partial charge in [0, 0.05) is 42.4 Å². The Balaban J connectivity index is 1.37. The number of ketones is 1. The van der Waals surface area contributed by atoms with Gasteiger partial charge in [-0.05, 0) is 41.3 Å². The van der Waals surface area contributed by atoms with E-state index in [0.717, 1.165) is 5.56 Å². The van der Waals surface area contributed by atoms with Crippen LogP contribution in [0, 0.1) is 29.1 Å². The van der Waals surface area contributed by atoms with Crippen LogP contribution in [0.1, 0.15) is 52.2 Å². The Morgan fingerprint density at radius 2 is 1.64 bits per heavy atom. The Morgan fingerprint density at radius 3 is 2.30 bits per heavy atom. The number of aliphatic hydroxyl groups is 2. The number of phenols is 1. The second kappa shape index (κ2) is 12.4. The number of esters is 3. The normalized spacial score (nSPS) is 33.4. The van der Waals surface area contributed by atoms with Crippen molar-refractivity contribution < 1.29 is 53.4 Å². The molecule has 0 saturated heterocycles. The molecule has 4 aliphatic rings. The van der Waals surface area contributed by atoms with Gasteiger partial charge in [-0.3, -0.25) is 19.2 Å². The first-order valence-electron chi connectivity index (χ1n) is 16.8. The highest BCUT2D eigenvalue weighted by Crippen LogP contribution is 2.77. The maximum absolute atomic E-state index is 13.7. The summed E-state index contributed by atoms with van der Waals surface area (Å²) in [6.45, 7) is 8.05. The average Bonchev–Trinajstić information content (AvgIpc) is 3.48.